The van der Waals surface area contributed by atoms with Gasteiger partial charge in [0, 0.05) is 19.3 Å². The molecule has 0 spiro atoms. The van der Waals surface area contributed by atoms with Crippen molar-refractivity contribution < 1.29 is 0 Å². The van der Waals surface area contributed by atoms with E-state index in [9.17, 15) is 0 Å². The standard InChI is InChI=1S/C12H15BrN2/c1-9-5-7-15(8-10(9)2)12-11(13)4-3-6-14-12/h3-4,6H,5,7-8H2,1-2H3. The minimum atomic E-state index is 1.00. The van der Waals surface area contributed by atoms with E-state index in [-0.39, 0.29) is 0 Å². The fourth-order valence-electron chi connectivity index (χ4n) is 1.81. The zero-order chi connectivity index (χ0) is 10.8. The first kappa shape index (κ1) is 10.7. The van der Waals surface area contributed by atoms with Crippen molar-refractivity contribution in [2.75, 3.05) is 18.0 Å². The summed E-state index contributed by atoms with van der Waals surface area (Å²) in [6.45, 7) is 6.50. The van der Waals surface area contributed by atoms with Crippen molar-refractivity contribution in [3.05, 3.63) is 33.9 Å². The molecule has 0 aliphatic carbocycles. The Labute approximate surface area is 99.1 Å². The number of pyridine rings is 1. The quantitative estimate of drug-likeness (QED) is 0.725. The summed E-state index contributed by atoms with van der Waals surface area (Å²) in [5, 5.41) is 0. The van der Waals surface area contributed by atoms with E-state index in [1.807, 2.05) is 18.3 Å². The highest BCUT2D eigenvalue weighted by atomic mass is 79.9. The van der Waals surface area contributed by atoms with Crippen LogP contribution in [0.1, 0.15) is 20.3 Å². The van der Waals surface area contributed by atoms with Gasteiger partial charge in [-0.3, -0.25) is 0 Å². The molecule has 0 unspecified atom stereocenters. The lowest BCUT2D eigenvalue weighted by Crippen LogP contribution is -2.31. The van der Waals surface area contributed by atoms with Crippen molar-refractivity contribution in [1.29, 1.82) is 0 Å². The molecule has 0 saturated carbocycles. The summed E-state index contributed by atoms with van der Waals surface area (Å²) < 4.78 is 1.08. The highest BCUT2D eigenvalue weighted by molar-refractivity contribution is 9.10. The van der Waals surface area contributed by atoms with E-state index in [4.69, 9.17) is 0 Å². The third kappa shape index (κ3) is 2.23. The molecule has 3 heteroatoms. The maximum atomic E-state index is 4.42. The van der Waals surface area contributed by atoms with Gasteiger partial charge in [-0.05, 0) is 48.3 Å². The van der Waals surface area contributed by atoms with Gasteiger partial charge in [0.2, 0.25) is 0 Å². The van der Waals surface area contributed by atoms with E-state index in [1.165, 1.54) is 11.1 Å². The Hall–Kier alpha value is -0.830. The smallest absolute Gasteiger partial charge is 0.143 e. The van der Waals surface area contributed by atoms with Crippen molar-refractivity contribution in [2.45, 2.75) is 20.3 Å². The predicted octanol–water partition coefficient (Wildman–Crippen LogP) is 3.39. The second-order valence-corrected chi connectivity index (χ2v) is 4.90. The van der Waals surface area contributed by atoms with Gasteiger partial charge in [0.1, 0.15) is 5.82 Å². The van der Waals surface area contributed by atoms with Crippen molar-refractivity contribution in [3.8, 4) is 0 Å². The lowest BCUT2D eigenvalue weighted by molar-refractivity contribution is 0.745. The molecule has 15 heavy (non-hydrogen) atoms. The minimum Gasteiger partial charge on any atom is -0.351 e. The summed E-state index contributed by atoms with van der Waals surface area (Å²) in [4.78, 5) is 6.74. The number of hydrogen-bond donors (Lipinski definition) is 0. The van der Waals surface area contributed by atoms with Crippen LogP contribution in [0.15, 0.2) is 33.9 Å². The molecule has 2 nitrogen and oxygen atoms in total. The average molecular weight is 267 g/mol. The Balaban J connectivity index is 2.24. The van der Waals surface area contributed by atoms with Gasteiger partial charge in [-0.15, -0.1) is 0 Å². The summed E-state index contributed by atoms with van der Waals surface area (Å²) in [6.07, 6.45) is 3.00. The van der Waals surface area contributed by atoms with E-state index in [2.05, 4.69) is 39.7 Å². The van der Waals surface area contributed by atoms with Crippen LogP contribution in [-0.2, 0) is 0 Å². The van der Waals surface area contributed by atoms with Gasteiger partial charge >= 0.3 is 0 Å². The molecule has 0 amide bonds. The Morgan fingerprint density at radius 3 is 2.80 bits per heavy atom. The van der Waals surface area contributed by atoms with Crippen LogP contribution in [0.4, 0.5) is 5.82 Å². The van der Waals surface area contributed by atoms with E-state index < -0.39 is 0 Å². The first-order valence-corrected chi connectivity index (χ1v) is 5.98. The zero-order valence-electron chi connectivity index (χ0n) is 9.13. The molecule has 0 bridgehead atoms. The molecule has 0 radical (unpaired) electrons. The van der Waals surface area contributed by atoms with Crippen molar-refractivity contribution in [1.82, 2.24) is 4.98 Å². The number of hydrogen-bond acceptors (Lipinski definition) is 2. The van der Waals surface area contributed by atoms with Crippen LogP contribution < -0.4 is 4.90 Å². The lowest BCUT2D eigenvalue weighted by Gasteiger charge is -2.30. The molecule has 2 heterocycles. The molecule has 0 N–H and O–H groups in total. The van der Waals surface area contributed by atoms with E-state index in [0.29, 0.717) is 0 Å². The Morgan fingerprint density at radius 2 is 2.13 bits per heavy atom. The molecular formula is C12H15BrN2. The van der Waals surface area contributed by atoms with Gasteiger partial charge in [-0.2, -0.15) is 0 Å². The van der Waals surface area contributed by atoms with Gasteiger partial charge in [0.25, 0.3) is 0 Å². The van der Waals surface area contributed by atoms with Crippen LogP contribution in [0.25, 0.3) is 0 Å². The normalized spacial score (nSPS) is 17.1. The molecule has 80 valence electrons. The Bertz CT molecular complexity index is 398. The maximum absolute atomic E-state index is 4.42. The minimum absolute atomic E-state index is 1.00. The number of anilines is 1. The van der Waals surface area contributed by atoms with E-state index in [0.717, 1.165) is 29.8 Å². The molecule has 0 fully saturated rings. The molecule has 0 saturated heterocycles. The highest BCUT2D eigenvalue weighted by Gasteiger charge is 2.16. The fraction of sp³-hybridized carbons (Fsp3) is 0.417. The largest absolute Gasteiger partial charge is 0.351 e. The number of halogens is 1. The SMILES string of the molecule is CC1=C(C)CN(c2ncccc2Br)CC1. The Kier molecular flexibility index (Phi) is 3.10. The highest BCUT2D eigenvalue weighted by Crippen LogP contribution is 2.27. The molecule has 1 aliphatic rings. The van der Waals surface area contributed by atoms with Gasteiger partial charge in [0.05, 0.1) is 4.47 Å². The number of aromatic nitrogens is 1. The first-order valence-electron chi connectivity index (χ1n) is 5.19. The molecule has 1 aromatic heterocycles. The summed E-state index contributed by atoms with van der Waals surface area (Å²) in [6, 6.07) is 3.99. The van der Waals surface area contributed by atoms with Crippen LogP contribution in [0.3, 0.4) is 0 Å². The Morgan fingerprint density at radius 1 is 1.33 bits per heavy atom. The van der Waals surface area contributed by atoms with Crippen LogP contribution in [-0.4, -0.2) is 18.1 Å². The van der Waals surface area contributed by atoms with E-state index >= 15 is 0 Å². The summed E-state index contributed by atoms with van der Waals surface area (Å²) in [5.41, 5.74) is 3.00. The summed E-state index contributed by atoms with van der Waals surface area (Å²) in [5.74, 6) is 1.06. The van der Waals surface area contributed by atoms with Gasteiger partial charge < -0.3 is 4.90 Å². The molecule has 0 atom stereocenters. The molecular weight excluding hydrogens is 252 g/mol. The van der Waals surface area contributed by atoms with Crippen LogP contribution in [0.5, 0.6) is 0 Å². The van der Waals surface area contributed by atoms with Crippen molar-refractivity contribution in [2.24, 2.45) is 0 Å². The lowest BCUT2D eigenvalue weighted by atomic mass is 10.0. The van der Waals surface area contributed by atoms with E-state index in [1.54, 1.807) is 0 Å². The molecule has 1 aromatic rings. The molecule has 1 aliphatic heterocycles. The number of nitrogens with zero attached hydrogens (tertiary/aromatic N) is 2. The van der Waals surface area contributed by atoms with Gasteiger partial charge in [0.15, 0.2) is 0 Å². The third-order valence-corrected chi connectivity index (χ3v) is 3.57. The maximum Gasteiger partial charge on any atom is 0.143 e. The number of rotatable bonds is 1. The van der Waals surface area contributed by atoms with Crippen LogP contribution in [0.2, 0.25) is 0 Å². The average Bonchev–Trinajstić information content (AvgIpc) is 2.23. The second kappa shape index (κ2) is 4.35. The first-order chi connectivity index (χ1) is 7.18. The molecule has 0 aromatic carbocycles. The van der Waals surface area contributed by atoms with Crippen LogP contribution in [0, 0.1) is 0 Å². The fourth-order valence-corrected chi connectivity index (χ4v) is 2.31. The summed E-state index contributed by atoms with van der Waals surface area (Å²) in [7, 11) is 0. The monoisotopic (exact) mass is 266 g/mol. The topological polar surface area (TPSA) is 16.1 Å². The molecule has 2 rings (SSSR count). The zero-order valence-corrected chi connectivity index (χ0v) is 10.7. The second-order valence-electron chi connectivity index (χ2n) is 4.04. The predicted molar refractivity (Wildman–Crippen MR) is 67.1 cm³/mol. The van der Waals surface area contributed by atoms with Crippen molar-refractivity contribution >= 4 is 21.7 Å². The van der Waals surface area contributed by atoms with Gasteiger partial charge in [-0.25, -0.2) is 4.98 Å². The third-order valence-electron chi connectivity index (χ3n) is 2.95. The van der Waals surface area contributed by atoms with Crippen LogP contribution >= 0.6 is 15.9 Å². The summed E-state index contributed by atoms with van der Waals surface area (Å²) >= 11 is 3.55. The van der Waals surface area contributed by atoms with Crippen molar-refractivity contribution in [3.63, 3.8) is 0 Å². The van der Waals surface area contributed by atoms with Gasteiger partial charge in [-0.1, -0.05) is 11.1 Å².